The Hall–Kier alpha value is -4.15. The predicted molar refractivity (Wildman–Crippen MR) is 125 cm³/mol. The molecular weight excluding hydrogens is 472 g/mol. The van der Waals surface area contributed by atoms with Gasteiger partial charge in [-0.15, -0.1) is 0 Å². The Bertz CT molecular complexity index is 1180. The number of carbonyl (C=O) groups excluding carboxylic acids is 4. The molecule has 1 aromatic heterocycles. The summed E-state index contributed by atoms with van der Waals surface area (Å²) >= 11 is 0. The molecule has 0 radical (unpaired) electrons. The zero-order valence-corrected chi connectivity index (χ0v) is 20.1. The Morgan fingerprint density at radius 1 is 1.11 bits per heavy atom. The fourth-order valence-corrected chi connectivity index (χ4v) is 3.62. The highest BCUT2D eigenvalue weighted by molar-refractivity contribution is 5.97. The van der Waals surface area contributed by atoms with Gasteiger partial charge in [-0.2, -0.15) is 0 Å². The van der Waals surface area contributed by atoms with Crippen LogP contribution in [0.1, 0.15) is 36.8 Å². The van der Waals surface area contributed by atoms with Crippen molar-refractivity contribution in [1.82, 2.24) is 10.3 Å². The highest BCUT2D eigenvalue weighted by atomic mass is 16.6. The number of esters is 3. The van der Waals surface area contributed by atoms with Crippen LogP contribution in [0.15, 0.2) is 47.3 Å². The summed E-state index contributed by atoms with van der Waals surface area (Å²) in [5.41, 5.74) is -0.343. The first kappa shape index (κ1) is 26.5. The highest BCUT2D eigenvalue weighted by Crippen LogP contribution is 2.25. The van der Waals surface area contributed by atoms with E-state index in [9.17, 15) is 29.1 Å². The lowest BCUT2D eigenvalue weighted by Crippen LogP contribution is -2.47. The average Bonchev–Trinajstić information content (AvgIpc) is 2.87. The zero-order valence-electron chi connectivity index (χ0n) is 20.1. The number of cyclic esters (lactones) is 2. The van der Waals surface area contributed by atoms with Gasteiger partial charge in [0.2, 0.25) is 5.56 Å². The van der Waals surface area contributed by atoms with Crippen molar-refractivity contribution < 1.29 is 38.5 Å². The first-order valence-electron chi connectivity index (χ1n) is 11.4. The summed E-state index contributed by atoms with van der Waals surface area (Å²) in [7, 11) is 0. The summed E-state index contributed by atoms with van der Waals surface area (Å²) in [5.74, 6) is -5.28. The number of ether oxygens (including phenoxy) is 3. The van der Waals surface area contributed by atoms with Gasteiger partial charge in [0.25, 0.3) is 5.91 Å². The number of hydrogen-bond donors (Lipinski definition) is 3. The molecule has 1 aliphatic heterocycles. The SMILES string of the molecule is CC(C)C(=O)O[C@H]1[C@H](C)OC(=O)[C@@H](NC(=O)c2[nH]c(=O)ccc2O)COC(=O)[C@@H]1Cc1ccccc1. The fraction of sp³-hybridized carbons (Fsp3) is 0.400. The maximum Gasteiger partial charge on any atom is 0.332 e. The quantitative estimate of drug-likeness (QED) is 0.389. The molecule has 1 saturated heterocycles. The molecule has 0 aliphatic carbocycles. The van der Waals surface area contributed by atoms with Crippen LogP contribution in [0.4, 0.5) is 0 Å². The third-order valence-corrected chi connectivity index (χ3v) is 5.59. The first-order chi connectivity index (χ1) is 17.1. The molecule has 1 aromatic carbocycles. The number of H-pyrrole nitrogens is 1. The van der Waals surface area contributed by atoms with Crippen molar-refractivity contribution in [1.29, 1.82) is 0 Å². The Morgan fingerprint density at radius 2 is 1.81 bits per heavy atom. The van der Waals surface area contributed by atoms with Crippen LogP contribution in [-0.4, -0.2) is 58.8 Å². The molecule has 36 heavy (non-hydrogen) atoms. The largest absolute Gasteiger partial charge is 0.506 e. The third kappa shape index (κ3) is 6.49. The average molecular weight is 501 g/mol. The number of aromatic nitrogens is 1. The van der Waals surface area contributed by atoms with Gasteiger partial charge >= 0.3 is 17.9 Å². The molecule has 0 unspecified atom stereocenters. The van der Waals surface area contributed by atoms with Crippen molar-refractivity contribution in [2.24, 2.45) is 11.8 Å². The van der Waals surface area contributed by atoms with E-state index >= 15 is 0 Å². The maximum atomic E-state index is 13.2. The molecule has 2 aromatic rings. The second-order valence-electron chi connectivity index (χ2n) is 8.73. The topological polar surface area (TPSA) is 161 Å². The molecule has 11 nitrogen and oxygen atoms in total. The molecule has 11 heteroatoms. The summed E-state index contributed by atoms with van der Waals surface area (Å²) < 4.78 is 16.4. The minimum Gasteiger partial charge on any atom is -0.506 e. The van der Waals surface area contributed by atoms with Crippen molar-refractivity contribution in [3.05, 3.63) is 64.1 Å². The normalized spacial score (nSPS) is 22.4. The van der Waals surface area contributed by atoms with Crippen molar-refractivity contribution in [3.8, 4) is 5.75 Å². The Labute approximate surface area is 206 Å². The summed E-state index contributed by atoms with van der Waals surface area (Å²) in [5, 5.41) is 12.2. The van der Waals surface area contributed by atoms with Crippen LogP contribution in [0, 0.1) is 11.8 Å². The number of rotatable bonds is 6. The number of aromatic hydroxyl groups is 1. The molecule has 0 bridgehead atoms. The van der Waals surface area contributed by atoms with Crippen LogP contribution >= 0.6 is 0 Å². The van der Waals surface area contributed by atoms with E-state index in [1.807, 2.05) is 6.07 Å². The number of amides is 1. The van der Waals surface area contributed by atoms with Gasteiger partial charge in [0.15, 0.2) is 12.1 Å². The number of carbonyl (C=O) groups is 4. The molecule has 4 atom stereocenters. The number of pyridine rings is 1. The number of benzene rings is 1. The monoisotopic (exact) mass is 500 g/mol. The molecule has 192 valence electrons. The van der Waals surface area contributed by atoms with Gasteiger partial charge in [0, 0.05) is 6.07 Å². The molecular formula is C25H28N2O9. The van der Waals surface area contributed by atoms with E-state index in [1.165, 1.54) is 6.92 Å². The van der Waals surface area contributed by atoms with Gasteiger partial charge in [-0.1, -0.05) is 44.2 Å². The smallest absolute Gasteiger partial charge is 0.332 e. The van der Waals surface area contributed by atoms with Crippen molar-refractivity contribution in [2.45, 2.75) is 45.4 Å². The maximum absolute atomic E-state index is 13.2. The summed E-state index contributed by atoms with van der Waals surface area (Å²) in [4.78, 5) is 64.8. The minimum absolute atomic E-state index is 0.147. The molecule has 1 fully saturated rings. The molecule has 0 spiro atoms. The summed E-state index contributed by atoms with van der Waals surface area (Å²) in [6.45, 7) is 4.16. The van der Waals surface area contributed by atoms with Gasteiger partial charge in [-0.05, 0) is 25.0 Å². The van der Waals surface area contributed by atoms with E-state index in [2.05, 4.69) is 10.3 Å². The molecule has 0 saturated carbocycles. The van der Waals surface area contributed by atoms with Crippen molar-refractivity contribution >= 4 is 23.8 Å². The van der Waals surface area contributed by atoms with Crippen LogP contribution in [0.5, 0.6) is 5.75 Å². The Morgan fingerprint density at radius 3 is 2.47 bits per heavy atom. The standard InChI is InChI=1S/C25H28N2O9/c1-13(2)23(31)36-21-14(3)35-25(33)17(26-22(30)20-18(28)9-10-19(29)27-20)12-34-24(32)16(21)11-15-7-5-4-6-8-15/h4-10,13-14,16-17,21,28H,11-12H2,1-3H3,(H,26,30)(H,27,29)/t14-,16+,17-,21-/m0/s1. The minimum atomic E-state index is -1.45. The van der Waals surface area contributed by atoms with Crippen LogP contribution in [0.2, 0.25) is 0 Å². The molecule has 1 amide bonds. The summed E-state index contributed by atoms with van der Waals surface area (Å²) in [6.07, 6.45) is -2.07. The second kappa shape index (κ2) is 11.5. The van der Waals surface area contributed by atoms with Crippen molar-refractivity contribution in [3.63, 3.8) is 0 Å². The van der Waals surface area contributed by atoms with E-state index in [-0.39, 0.29) is 6.42 Å². The molecule has 1 aliphatic rings. The highest BCUT2D eigenvalue weighted by Gasteiger charge is 2.42. The van der Waals surface area contributed by atoms with E-state index in [0.717, 1.165) is 17.7 Å². The Kier molecular flexibility index (Phi) is 8.46. The molecule has 3 rings (SSSR count). The second-order valence-corrected chi connectivity index (χ2v) is 8.73. The van der Waals surface area contributed by atoms with Crippen LogP contribution in [0.25, 0.3) is 0 Å². The molecule has 2 heterocycles. The van der Waals surface area contributed by atoms with E-state index in [0.29, 0.717) is 0 Å². The lowest BCUT2D eigenvalue weighted by molar-refractivity contribution is -0.176. The fourth-order valence-electron chi connectivity index (χ4n) is 3.62. The lowest BCUT2D eigenvalue weighted by Gasteiger charge is -2.29. The number of nitrogens with one attached hydrogen (secondary N) is 2. The third-order valence-electron chi connectivity index (χ3n) is 5.59. The van der Waals surface area contributed by atoms with Gasteiger partial charge in [0.05, 0.1) is 5.92 Å². The number of aromatic amines is 1. The lowest BCUT2D eigenvalue weighted by atomic mass is 9.91. The van der Waals surface area contributed by atoms with Gasteiger partial charge < -0.3 is 29.6 Å². The van der Waals surface area contributed by atoms with Crippen LogP contribution in [-0.2, 0) is 35.0 Å². The van der Waals surface area contributed by atoms with E-state index in [4.69, 9.17) is 14.2 Å². The van der Waals surface area contributed by atoms with Crippen molar-refractivity contribution in [2.75, 3.05) is 6.61 Å². The van der Waals surface area contributed by atoms with E-state index in [1.54, 1.807) is 38.1 Å². The van der Waals surface area contributed by atoms with Gasteiger partial charge in [-0.25, -0.2) is 4.79 Å². The van der Waals surface area contributed by atoms with Gasteiger partial charge in [0.1, 0.15) is 30.1 Å². The van der Waals surface area contributed by atoms with E-state index < -0.39 is 77.5 Å². The van der Waals surface area contributed by atoms with Crippen LogP contribution in [0.3, 0.4) is 0 Å². The number of hydrogen-bond acceptors (Lipinski definition) is 9. The molecule has 3 N–H and O–H groups in total. The summed E-state index contributed by atoms with van der Waals surface area (Å²) in [6, 6.07) is 9.60. The predicted octanol–water partition coefficient (Wildman–Crippen LogP) is 1.09. The first-order valence-corrected chi connectivity index (χ1v) is 11.4. The Balaban J connectivity index is 1.88. The zero-order chi connectivity index (χ0) is 26.4. The van der Waals surface area contributed by atoms with Gasteiger partial charge in [-0.3, -0.25) is 19.2 Å². The van der Waals surface area contributed by atoms with Crippen LogP contribution < -0.4 is 10.9 Å².